The van der Waals surface area contributed by atoms with Crippen LogP contribution in [0.3, 0.4) is 0 Å². The first-order valence-electron chi connectivity index (χ1n) is 7.96. The normalized spacial score (nSPS) is 39.2. The van der Waals surface area contributed by atoms with Crippen molar-refractivity contribution in [2.75, 3.05) is 13.6 Å². The Morgan fingerprint density at radius 2 is 1.72 bits per heavy atom. The van der Waals surface area contributed by atoms with Gasteiger partial charge in [-0.25, -0.2) is 0 Å². The molecule has 0 amide bonds. The fourth-order valence-corrected chi connectivity index (χ4v) is 4.43. The summed E-state index contributed by atoms with van der Waals surface area (Å²) in [6, 6.07) is 0.392. The molecular weight excluding hydrogens is 222 g/mol. The van der Waals surface area contributed by atoms with E-state index in [1.54, 1.807) is 0 Å². The molecule has 2 saturated carbocycles. The Hall–Kier alpha value is -0.0800. The lowest BCUT2D eigenvalue weighted by Crippen LogP contribution is -2.51. The van der Waals surface area contributed by atoms with Gasteiger partial charge in [-0.15, -0.1) is 0 Å². The summed E-state index contributed by atoms with van der Waals surface area (Å²) in [4.78, 5) is 2.47. The van der Waals surface area contributed by atoms with Gasteiger partial charge in [0.2, 0.25) is 0 Å². The van der Waals surface area contributed by atoms with Crippen LogP contribution in [0, 0.1) is 17.8 Å². The predicted octanol–water partition coefficient (Wildman–Crippen LogP) is 3.29. The minimum atomic E-state index is -0.114. The van der Waals surface area contributed by atoms with E-state index in [-0.39, 0.29) is 6.10 Å². The summed E-state index contributed by atoms with van der Waals surface area (Å²) in [5.74, 6) is 2.20. The number of hydrogen-bond donors (Lipinski definition) is 1. The average Bonchev–Trinajstić information content (AvgIpc) is 2.28. The topological polar surface area (TPSA) is 23.5 Å². The second-order valence-electron chi connectivity index (χ2n) is 7.06. The maximum atomic E-state index is 10.4. The van der Waals surface area contributed by atoms with Gasteiger partial charge in [0.05, 0.1) is 6.10 Å². The highest BCUT2D eigenvalue weighted by molar-refractivity contribution is 4.89. The zero-order valence-corrected chi connectivity index (χ0v) is 12.4. The maximum absolute atomic E-state index is 10.4. The Balaban J connectivity index is 1.88. The van der Waals surface area contributed by atoms with E-state index in [1.165, 1.54) is 45.1 Å². The van der Waals surface area contributed by atoms with Crippen molar-refractivity contribution >= 4 is 0 Å². The smallest absolute Gasteiger partial charge is 0.0700 e. The van der Waals surface area contributed by atoms with Gasteiger partial charge < -0.3 is 10.0 Å². The Morgan fingerprint density at radius 3 is 2.33 bits per heavy atom. The average molecular weight is 253 g/mol. The van der Waals surface area contributed by atoms with Crippen molar-refractivity contribution in [1.29, 1.82) is 0 Å². The number of rotatable bonds is 3. The lowest BCUT2D eigenvalue weighted by molar-refractivity contribution is -0.0206. The lowest BCUT2D eigenvalue weighted by Gasteiger charge is -2.43. The number of aliphatic hydroxyl groups excluding tert-OH is 1. The van der Waals surface area contributed by atoms with E-state index >= 15 is 0 Å². The molecule has 0 aliphatic heterocycles. The first kappa shape index (κ1) is 14.3. The van der Waals surface area contributed by atoms with Crippen LogP contribution in [0.15, 0.2) is 0 Å². The molecule has 2 fully saturated rings. The summed E-state index contributed by atoms with van der Waals surface area (Å²) in [5, 5.41) is 10.4. The van der Waals surface area contributed by atoms with E-state index < -0.39 is 0 Å². The maximum Gasteiger partial charge on any atom is 0.0700 e. The molecule has 0 heterocycles. The van der Waals surface area contributed by atoms with Gasteiger partial charge >= 0.3 is 0 Å². The number of likely N-dealkylation sites (N-methyl/N-ethyl adjacent to an activating group) is 1. The predicted molar refractivity (Wildman–Crippen MR) is 76.6 cm³/mol. The van der Waals surface area contributed by atoms with Crippen molar-refractivity contribution in [1.82, 2.24) is 4.90 Å². The van der Waals surface area contributed by atoms with Gasteiger partial charge in [-0.2, -0.15) is 0 Å². The van der Waals surface area contributed by atoms with Crippen molar-refractivity contribution < 1.29 is 5.11 Å². The van der Waals surface area contributed by atoms with Crippen molar-refractivity contribution in [2.24, 2.45) is 17.8 Å². The molecule has 4 atom stereocenters. The van der Waals surface area contributed by atoms with Gasteiger partial charge in [0.15, 0.2) is 0 Å². The number of nitrogens with zero attached hydrogens (tertiary/aromatic N) is 1. The van der Waals surface area contributed by atoms with Gasteiger partial charge in [0.25, 0.3) is 0 Å². The summed E-state index contributed by atoms with van der Waals surface area (Å²) >= 11 is 0. The largest absolute Gasteiger partial charge is 0.391 e. The van der Waals surface area contributed by atoms with Gasteiger partial charge in [-0.1, -0.05) is 33.1 Å². The highest BCUT2D eigenvalue weighted by atomic mass is 16.3. The van der Waals surface area contributed by atoms with Gasteiger partial charge in [-0.05, 0) is 50.5 Å². The van der Waals surface area contributed by atoms with E-state index in [9.17, 15) is 5.11 Å². The molecule has 2 nitrogen and oxygen atoms in total. The number of hydrogen-bond acceptors (Lipinski definition) is 2. The first-order chi connectivity index (χ1) is 8.58. The standard InChI is InChI=1S/C16H31NO/c1-12-9-13(2)16(15(18)10-12)17(3)11-14-7-5-4-6-8-14/h12-16,18H,4-11H2,1-3H3. The second-order valence-corrected chi connectivity index (χ2v) is 7.06. The molecule has 2 rings (SSSR count). The molecular formula is C16H31NO. The van der Waals surface area contributed by atoms with Crippen LogP contribution in [-0.4, -0.2) is 35.7 Å². The zero-order chi connectivity index (χ0) is 13.1. The molecule has 2 aliphatic rings. The van der Waals surface area contributed by atoms with Crippen LogP contribution in [0.1, 0.15) is 58.8 Å². The third-order valence-electron chi connectivity index (χ3n) is 5.18. The molecule has 18 heavy (non-hydrogen) atoms. The monoisotopic (exact) mass is 253 g/mol. The SMILES string of the molecule is CC1CC(C)C(N(C)CC2CCCCC2)C(O)C1. The molecule has 2 heteroatoms. The molecule has 106 valence electrons. The quantitative estimate of drug-likeness (QED) is 0.834. The second kappa shape index (κ2) is 6.38. The van der Waals surface area contributed by atoms with Crippen molar-refractivity contribution in [3.05, 3.63) is 0 Å². The van der Waals surface area contributed by atoms with Crippen LogP contribution in [0.2, 0.25) is 0 Å². The summed E-state index contributed by atoms with van der Waals surface area (Å²) < 4.78 is 0. The molecule has 0 aromatic rings. The molecule has 4 unspecified atom stereocenters. The minimum Gasteiger partial charge on any atom is -0.391 e. The molecule has 0 aromatic heterocycles. The summed E-state index contributed by atoms with van der Waals surface area (Å²) in [6.45, 7) is 5.79. The van der Waals surface area contributed by atoms with Gasteiger partial charge in [-0.3, -0.25) is 0 Å². The summed E-state index contributed by atoms with van der Waals surface area (Å²) in [5.41, 5.74) is 0. The van der Waals surface area contributed by atoms with Crippen LogP contribution in [0.25, 0.3) is 0 Å². The Bertz CT molecular complexity index is 237. The molecule has 0 spiro atoms. The zero-order valence-electron chi connectivity index (χ0n) is 12.4. The third kappa shape index (κ3) is 3.48. The highest BCUT2D eigenvalue weighted by Crippen LogP contribution is 2.33. The Morgan fingerprint density at radius 1 is 1.06 bits per heavy atom. The molecule has 0 saturated heterocycles. The molecule has 0 bridgehead atoms. The molecule has 0 aromatic carbocycles. The Labute approximate surface area is 113 Å². The fraction of sp³-hybridized carbons (Fsp3) is 1.00. The van der Waals surface area contributed by atoms with Crippen LogP contribution >= 0.6 is 0 Å². The third-order valence-corrected chi connectivity index (χ3v) is 5.18. The van der Waals surface area contributed by atoms with Crippen molar-refractivity contribution in [2.45, 2.75) is 70.9 Å². The van der Waals surface area contributed by atoms with Crippen LogP contribution in [-0.2, 0) is 0 Å². The van der Waals surface area contributed by atoms with E-state index in [1.807, 2.05) is 0 Å². The van der Waals surface area contributed by atoms with Crippen LogP contribution < -0.4 is 0 Å². The molecule has 2 aliphatic carbocycles. The van der Waals surface area contributed by atoms with Gasteiger partial charge in [0, 0.05) is 12.6 Å². The highest BCUT2D eigenvalue weighted by Gasteiger charge is 2.35. The first-order valence-corrected chi connectivity index (χ1v) is 7.96. The summed E-state index contributed by atoms with van der Waals surface area (Å²) in [7, 11) is 2.23. The van der Waals surface area contributed by atoms with E-state index in [0.29, 0.717) is 17.9 Å². The van der Waals surface area contributed by atoms with E-state index in [2.05, 4.69) is 25.8 Å². The van der Waals surface area contributed by atoms with E-state index in [0.717, 1.165) is 12.3 Å². The summed E-state index contributed by atoms with van der Waals surface area (Å²) in [6.07, 6.45) is 9.21. The number of aliphatic hydroxyl groups is 1. The molecule has 0 radical (unpaired) electrons. The van der Waals surface area contributed by atoms with Crippen LogP contribution in [0.5, 0.6) is 0 Å². The van der Waals surface area contributed by atoms with Crippen molar-refractivity contribution in [3.63, 3.8) is 0 Å². The van der Waals surface area contributed by atoms with Crippen LogP contribution in [0.4, 0.5) is 0 Å². The Kier molecular flexibility index (Phi) is 5.08. The van der Waals surface area contributed by atoms with Crippen molar-refractivity contribution in [3.8, 4) is 0 Å². The lowest BCUT2D eigenvalue weighted by atomic mass is 9.77. The molecule has 1 N–H and O–H groups in total. The van der Waals surface area contributed by atoms with E-state index in [4.69, 9.17) is 0 Å². The van der Waals surface area contributed by atoms with Gasteiger partial charge in [0.1, 0.15) is 0 Å². The fourth-order valence-electron chi connectivity index (χ4n) is 4.43. The minimum absolute atomic E-state index is 0.114.